The summed E-state index contributed by atoms with van der Waals surface area (Å²) in [7, 11) is 0. The van der Waals surface area contributed by atoms with Crippen molar-refractivity contribution in [2.45, 2.75) is 51.7 Å². The van der Waals surface area contributed by atoms with Crippen LogP contribution in [0, 0.1) is 5.92 Å². The lowest BCUT2D eigenvalue weighted by atomic mass is 9.99. The highest BCUT2D eigenvalue weighted by Gasteiger charge is 2.27. The van der Waals surface area contributed by atoms with Gasteiger partial charge in [-0.1, -0.05) is 26.0 Å². The van der Waals surface area contributed by atoms with Gasteiger partial charge in [0.1, 0.15) is 5.82 Å². The molecule has 2 heterocycles. The molecular formula is C19H28N4O2. The van der Waals surface area contributed by atoms with Crippen molar-refractivity contribution in [3.8, 4) is 0 Å². The van der Waals surface area contributed by atoms with Crippen molar-refractivity contribution in [2.75, 3.05) is 13.2 Å². The number of aromatic amines is 1. The van der Waals surface area contributed by atoms with Crippen molar-refractivity contribution in [3.63, 3.8) is 0 Å². The number of H-pyrrole nitrogens is 1. The van der Waals surface area contributed by atoms with Crippen LogP contribution in [0.4, 0.5) is 0 Å². The van der Waals surface area contributed by atoms with Gasteiger partial charge in [-0.2, -0.15) is 0 Å². The number of ether oxygens (including phenoxy) is 1. The number of nitrogens with one attached hydrogen (secondary N) is 3. The van der Waals surface area contributed by atoms with E-state index < -0.39 is 0 Å². The first-order valence-electron chi connectivity index (χ1n) is 9.13. The van der Waals surface area contributed by atoms with Gasteiger partial charge in [0.25, 0.3) is 0 Å². The standard InChI is InChI=1S/C19H28N4O2/c1-12(2)17(21-14-8-10-25-11-9-14)19(24)20-13(3)18-22-15-6-4-5-7-16(15)23-18/h4-7,12-14,17,21H,8-11H2,1-3H3,(H,20,24)(H,22,23)/t13-,17-/m0/s1. The molecule has 0 radical (unpaired) electrons. The molecule has 25 heavy (non-hydrogen) atoms. The van der Waals surface area contributed by atoms with Crippen LogP contribution in [0.1, 0.15) is 45.5 Å². The smallest absolute Gasteiger partial charge is 0.237 e. The number of fused-ring (bicyclic) bond motifs is 1. The van der Waals surface area contributed by atoms with Crippen molar-refractivity contribution in [1.82, 2.24) is 20.6 Å². The third-order valence-corrected chi connectivity index (χ3v) is 4.76. The molecule has 0 unspecified atom stereocenters. The quantitative estimate of drug-likeness (QED) is 0.752. The number of carbonyl (C=O) groups excluding carboxylic acids is 1. The average Bonchev–Trinajstić information content (AvgIpc) is 3.04. The Morgan fingerprint density at radius 3 is 2.64 bits per heavy atom. The van der Waals surface area contributed by atoms with Crippen molar-refractivity contribution >= 4 is 16.9 Å². The Balaban J connectivity index is 1.65. The van der Waals surface area contributed by atoms with Gasteiger partial charge in [-0.05, 0) is 37.8 Å². The zero-order chi connectivity index (χ0) is 17.8. The SMILES string of the molecule is CC(C)[C@H](NC1CCOCC1)C(=O)N[C@@H](C)c1nc2ccccc2[nH]1. The molecule has 136 valence electrons. The van der Waals surface area contributed by atoms with Gasteiger partial charge in [-0.3, -0.25) is 4.79 Å². The van der Waals surface area contributed by atoms with Crippen LogP contribution in [-0.2, 0) is 9.53 Å². The van der Waals surface area contributed by atoms with Crippen LogP contribution in [0.5, 0.6) is 0 Å². The molecule has 1 aromatic heterocycles. The Labute approximate surface area is 148 Å². The molecular weight excluding hydrogens is 316 g/mol. The zero-order valence-corrected chi connectivity index (χ0v) is 15.2. The molecule has 0 bridgehead atoms. The minimum absolute atomic E-state index is 0.0226. The molecule has 2 aromatic rings. The van der Waals surface area contributed by atoms with Crippen molar-refractivity contribution in [2.24, 2.45) is 5.92 Å². The summed E-state index contributed by atoms with van der Waals surface area (Å²) in [4.78, 5) is 20.7. The van der Waals surface area contributed by atoms with Crippen molar-refractivity contribution < 1.29 is 9.53 Å². The second-order valence-electron chi connectivity index (χ2n) is 7.14. The van der Waals surface area contributed by atoms with Crippen LogP contribution >= 0.6 is 0 Å². The maximum absolute atomic E-state index is 12.8. The van der Waals surface area contributed by atoms with Gasteiger partial charge in [0.2, 0.25) is 5.91 Å². The van der Waals surface area contributed by atoms with Crippen LogP contribution in [0.2, 0.25) is 0 Å². The molecule has 1 amide bonds. The summed E-state index contributed by atoms with van der Waals surface area (Å²) in [5, 5.41) is 6.62. The molecule has 3 N–H and O–H groups in total. The number of carbonyl (C=O) groups is 1. The normalized spacial score (nSPS) is 18.4. The largest absolute Gasteiger partial charge is 0.381 e. The summed E-state index contributed by atoms with van der Waals surface area (Å²) in [5.74, 6) is 1.02. The number of amides is 1. The fourth-order valence-corrected chi connectivity index (χ4v) is 3.24. The van der Waals surface area contributed by atoms with Gasteiger partial charge < -0.3 is 20.4 Å². The Morgan fingerprint density at radius 2 is 1.96 bits per heavy atom. The number of benzene rings is 1. The molecule has 1 aliphatic heterocycles. The molecule has 6 nitrogen and oxygen atoms in total. The van der Waals surface area contributed by atoms with E-state index in [1.807, 2.05) is 31.2 Å². The molecule has 3 rings (SSSR count). The highest BCUT2D eigenvalue weighted by Crippen LogP contribution is 2.17. The van der Waals surface area contributed by atoms with Gasteiger partial charge in [0.05, 0.1) is 23.1 Å². The van der Waals surface area contributed by atoms with Crippen LogP contribution in [-0.4, -0.2) is 41.2 Å². The Kier molecular flexibility index (Phi) is 5.71. The first kappa shape index (κ1) is 17.9. The summed E-state index contributed by atoms with van der Waals surface area (Å²) in [5.41, 5.74) is 1.90. The maximum atomic E-state index is 12.8. The van der Waals surface area contributed by atoms with E-state index >= 15 is 0 Å². The van der Waals surface area contributed by atoms with Gasteiger partial charge in [-0.15, -0.1) is 0 Å². The van der Waals surface area contributed by atoms with Crippen molar-refractivity contribution in [3.05, 3.63) is 30.1 Å². The van der Waals surface area contributed by atoms with E-state index in [4.69, 9.17) is 4.74 Å². The third-order valence-electron chi connectivity index (χ3n) is 4.76. The fraction of sp³-hybridized carbons (Fsp3) is 0.579. The average molecular weight is 344 g/mol. The maximum Gasteiger partial charge on any atom is 0.237 e. The van der Waals surface area contributed by atoms with Crippen LogP contribution in [0.25, 0.3) is 11.0 Å². The molecule has 1 aromatic carbocycles. The molecule has 1 saturated heterocycles. The highest BCUT2D eigenvalue weighted by atomic mass is 16.5. The molecule has 0 saturated carbocycles. The second kappa shape index (κ2) is 7.97. The van der Waals surface area contributed by atoms with E-state index in [9.17, 15) is 4.79 Å². The minimum atomic E-state index is -0.213. The minimum Gasteiger partial charge on any atom is -0.381 e. The lowest BCUT2D eigenvalue weighted by molar-refractivity contribution is -0.125. The molecule has 0 spiro atoms. The Hall–Kier alpha value is -1.92. The lowest BCUT2D eigenvalue weighted by Crippen LogP contribution is -2.52. The van der Waals surface area contributed by atoms with Gasteiger partial charge in [0, 0.05) is 19.3 Å². The van der Waals surface area contributed by atoms with Gasteiger partial charge >= 0.3 is 0 Å². The van der Waals surface area contributed by atoms with E-state index in [0.717, 1.165) is 42.9 Å². The first-order valence-corrected chi connectivity index (χ1v) is 9.13. The molecule has 1 fully saturated rings. The molecule has 0 aliphatic carbocycles. The summed E-state index contributed by atoms with van der Waals surface area (Å²) in [6.45, 7) is 7.63. The number of aromatic nitrogens is 2. The number of para-hydroxylation sites is 2. The molecule has 1 aliphatic rings. The number of imidazole rings is 1. The highest BCUT2D eigenvalue weighted by molar-refractivity contribution is 5.82. The Bertz CT molecular complexity index is 673. The molecule has 6 heteroatoms. The summed E-state index contributed by atoms with van der Waals surface area (Å²) in [6, 6.07) is 7.85. The van der Waals surface area contributed by atoms with E-state index in [1.165, 1.54) is 0 Å². The zero-order valence-electron chi connectivity index (χ0n) is 15.2. The predicted octanol–water partition coefficient (Wildman–Crippen LogP) is 2.53. The van der Waals surface area contributed by atoms with E-state index in [2.05, 4.69) is 34.4 Å². The predicted molar refractivity (Wildman–Crippen MR) is 98.3 cm³/mol. The third kappa shape index (κ3) is 4.38. The molecule has 2 atom stereocenters. The van der Waals surface area contributed by atoms with Gasteiger partial charge in [0.15, 0.2) is 0 Å². The number of nitrogens with zero attached hydrogens (tertiary/aromatic N) is 1. The summed E-state index contributed by atoms with van der Waals surface area (Å²) >= 11 is 0. The topological polar surface area (TPSA) is 79.0 Å². The van der Waals surface area contributed by atoms with Crippen LogP contribution in [0.15, 0.2) is 24.3 Å². The van der Waals surface area contributed by atoms with Crippen molar-refractivity contribution in [1.29, 1.82) is 0 Å². The number of hydrogen-bond acceptors (Lipinski definition) is 4. The van der Waals surface area contributed by atoms with Crippen LogP contribution < -0.4 is 10.6 Å². The number of hydrogen-bond donors (Lipinski definition) is 3. The summed E-state index contributed by atoms with van der Waals surface area (Å²) < 4.78 is 5.40. The second-order valence-corrected chi connectivity index (χ2v) is 7.14. The fourth-order valence-electron chi connectivity index (χ4n) is 3.24. The lowest BCUT2D eigenvalue weighted by Gasteiger charge is -2.30. The van der Waals surface area contributed by atoms with E-state index in [0.29, 0.717) is 6.04 Å². The monoisotopic (exact) mass is 344 g/mol. The van der Waals surface area contributed by atoms with Gasteiger partial charge in [-0.25, -0.2) is 4.98 Å². The van der Waals surface area contributed by atoms with Crippen LogP contribution in [0.3, 0.4) is 0 Å². The van der Waals surface area contributed by atoms with E-state index in [-0.39, 0.29) is 23.9 Å². The first-order chi connectivity index (χ1) is 12.0. The summed E-state index contributed by atoms with van der Waals surface area (Å²) in [6.07, 6.45) is 1.91. The van der Waals surface area contributed by atoms with E-state index in [1.54, 1.807) is 0 Å². The number of rotatable bonds is 6. The Morgan fingerprint density at radius 1 is 1.24 bits per heavy atom.